The molecule has 3 rings (SSSR count). The first-order valence-electron chi connectivity index (χ1n) is 7.44. The van der Waals surface area contributed by atoms with E-state index in [1.807, 2.05) is 0 Å². The summed E-state index contributed by atoms with van der Waals surface area (Å²) in [6.07, 6.45) is 8.27. The van der Waals surface area contributed by atoms with Gasteiger partial charge in [-0.3, -0.25) is 0 Å². The Bertz CT molecular complexity index is 544. The Hall–Kier alpha value is -0.170. The zero-order valence-electron chi connectivity index (χ0n) is 13.4. The quantitative estimate of drug-likeness (QED) is 0.536. The normalized spacial score (nSPS) is 19.6. The van der Waals surface area contributed by atoms with Crippen molar-refractivity contribution in [2.75, 3.05) is 0 Å². The summed E-state index contributed by atoms with van der Waals surface area (Å²) in [6, 6.07) is 4.91. The maximum atomic E-state index is 2.47. The van der Waals surface area contributed by atoms with E-state index in [1.54, 1.807) is 11.1 Å². The summed E-state index contributed by atoms with van der Waals surface area (Å²) in [6.45, 7) is 11.7. The number of benzene rings is 1. The predicted octanol–water partition coefficient (Wildman–Crippen LogP) is 5.19. The molecule has 2 aliphatic carbocycles. The standard InChI is InChI=1S/C19H25.Hf/c1-18(2,3)10-14-7-6-13-8-15-11-19(4,5)12-16(15)9-17(13)14;/h6-9H,10-12H2,1-5H3;. The van der Waals surface area contributed by atoms with Gasteiger partial charge in [-0.25, -0.2) is 0 Å². The van der Waals surface area contributed by atoms with Crippen molar-refractivity contribution in [2.45, 2.75) is 53.9 Å². The molecule has 0 fully saturated rings. The van der Waals surface area contributed by atoms with Crippen molar-refractivity contribution in [3.8, 4) is 0 Å². The van der Waals surface area contributed by atoms with Gasteiger partial charge < -0.3 is 0 Å². The van der Waals surface area contributed by atoms with Gasteiger partial charge in [0.05, 0.1) is 0 Å². The molecule has 0 N–H and O–H groups in total. The van der Waals surface area contributed by atoms with Gasteiger partial charge in [0.25, 0.3) is 0 Å². The van der Waals surface area contributed by atoms with Crippen LogP contribution in [0.3, 0.4) is 0 Å². The van der Waals surface area contributed by atoms with Crippen molar-refractivity contribution < 1.29 is 25.8 Å². The van der Waals surface area contributed by atoms with Crippen molar-refractivity contribution in [3.63, 3.8) is 0 Å². The summed E-state index contributed by atoms with van der Waals surface area (Å²) in [4.78, 5) is 0. The van der Waals surface area contributed by atoms with Crippen LogP contribution in [0.2, 0.25) is 0 Å². The van der Waals surface area contributed by atoms with E-state index in [9.17, 15) is 0 Å². The Labute approximate surface area is 142 Å². The van der Waals surface area contributed by atoms with Crippen molar-refractivity contribution in [3.05, 3.63) is 46.4 Å². The molecular weight excluding hydrogens is 407 g/mol. The molecule has 20 heavy (non-hydrogen) atoms. The van der Waals surface area contributed by atoms with E-state index in [2.05, 4.69) is 58.9 Å². The maximum Gasteiger partial charge on any atom is 0.0278 e. The Morgan fingerprint density at radius 2 is 1.60 bits per heavy atom. The summed E-state index contributed by atoms with van der Waals surface area (Å²) < 4.78 is 0. The molecule has 105 valence electrons. The molecule has 1 aromatic rings. The van der Waals surface area contributed by atoms with Crippen LogP contribution in [0, 0.1) is 16.7 Å². The summed E-state index contributed by atoms with van der Waals surface area (Å²) in [5.74, 6) is 1.52. The van der Waals surface area contributed by atoms with Crippen molar-refractivity contribution in [1.29, 1.82) is 0 Å². The van der Waals surface area contributed by atoms with E-state index in [1.165, 1.54) is 36.3 Å². The van der Waals surface area contributed by atoms with E-state index in [0.29, 0.717) is 10.8 Å². The molecular formula is C19H25Hf. The van der Waals surface area contributed by atoms with Crippen LogP contribution in [0.4, 0.5) is 0 Å². The average molecular weight is 432 g/mol. The van der Waals surface area contributed by atoms with Crippen molar-refractivity contribution >= 4 is 6.08 Å². The number of hydrogen-bond donors (Lipinski definition) is 0. The van der Waals surface area contributed by atoms with Crippen LogP contribution in [-0.2, 0) is 38.7 Å². The molecule has 0 nitrogen and oxygen atoms in total. The van der Waals surface area contributed by atoms with E-state index in [-0.39, 0.29) is 25.8 Å². The van der Waals surface area contributed by atoms with E-state index in [0.717, 1.165) is 0 Å². The second-order valence-electron chi connectivity index (χ2n) is 8.32. The van der Waals surface area contributed by atoms with Gasteiger partial charge in [-0.05, 0) is 52.3 Å². The minimum atomic E-state index is 0. The number of allylic oxidation sites excluding steroid dienone is 1. The van der Waals surface area contributed by atoms with E-state index >= 15 is 0 Å². The molecule has 0 saturated heterocycles. The molecule has 0 bridgehead atoms. The van der Waals surface area contributed by atoms with Gasteiger partial charge in [0, 0.05) is 31.8 Å². The van der Waals surface area contributed by atoms with Crippen LogP contribution in [-0.4, -0.2) is 0 Å². The molecule has 0 amide bonds. The summed E-state index contributed by atoms with van der Waals surface area (Å²) in [7, 11) is 0. The Morgan fingerprint density at radius 3 is 2.20 bits per heavy atom. The van der Waals surface area contributed by atoms with Gasteiger partial charge in [-0.1, -0.05) is 58.9 Å². The second-order valence-corrected chi connectivity index (χ2v) is 8.32. The summed E-state index contributed by atoms with van der Waals surface area (Å²) >= 11 is 0. The van der Waals surface area contributed by atoms with Crippen LogP contribution in [0.25, 0.3) is 6.08 Å². The largest absolute Gasteiger partial charge is 0.0721 e. The molecule has 1 radical (unpaired) electrons. The molecule has 0 spiro atoms. The Morgan fingerprint density at radius 1 is 1.00 bits per heavy atom. The first-order chi connectivity index (χ1) is 8.73. The summed E-state index contributed by atoms with van der Waals surface area (Å²) in [5, 5.41) is 0. The second kappa shape index (κ2) is 5.23. The van der Waals surface area contributed by atoms with Gasteiger partial charge in [-0.2, -0.15) is 0 Å². The van der Waals surface area contributed by atoms with E-state index < -0.39 is 0 Å². The minimum absolute atomic E-state index is 0. The fourth-order valence-electron chi connectivity index (χ4n) is 3.55. The van der Waals surface area contributed by atoms with Gasteiger partial charge in [0.15, 0.2) is 0 Å². The molecule has 0 heterocycles. The van der Waals surface area contributed by atoms with Crippen LogP contribution in [0.5, 0.6) is 0 Å². The number of fused-ring (bicyclic) bond motifs is 2. The maximum absolute atomic E-state index is 2.47. The minimum Gasteiger partial charge on any atom is -0.0721 e. The molecule has 0 atom stereocenters. The molecule has 1 aromatic carbocycles. The Balaban J connectivity index is 0.00000147. The summed E-state index contributed by atoms with van der Waals surface area (Å²) in [5.41, 5.74) is 6.90. The molecule has 0 saturated carbocycles. The van der Waals surface area contributed by atoms with Gasteiger partial charge in [0.1, 0.15) is 0 Å². The third-order valence-corrected chi connectivity index (χ3v) is 4.24. The fraction of sp³-hybridized carbons (Fsp3) is 0.526. The van der Waals surface area contributed by atoms with Crippen molar-refractivity contribution in [1.82, 2.24) is 0 Å². The zero-order chi connectivity index (χ0) is 13.8. The third-order valence-electron chi connectivity index (χ3n) is 4.24. The smallest absolute Gasteiger partial charge is 0.0278 e. The molecule has 1 heteroatoms. The fourth-order valence-corrected chi connectivity index (χ4v) is 3.55. The molecule has 0 unspecified atom stereocenters. The SMILES string of the molecule is CC(C)(C)C[C]1C=Cc2cc3c(cc21)CC(C)(C)C3.[Hf]. The van der Waals surface area contributed by atoms with Crippen LogP contribution in [0.15, 0.2) is 18.2 Å². The average Bonchev–Trinajstić information content (AvgIpc) is 2.72. The van der Waals surface area contributed by atoms with E-state index in [4.69, 9.17) is 0 Å². The predicted molar refractivity (Wildman–Crippen MR) is 83.1 cm³/mol. The zero-order valence-corrected chi connectivity index (χ0v) is 17.0. The molecule has 0 aromatic heterocycles. The van der Waals surface area contributed by atoms with Crippen molar-refractivity contribution in [2.24, 2.45) is 10.8 Å². The molecule has 2 aliphatic rings. The van der Waals surface area contributed by atoms with Gasteiger partial charge in [-0.15, -0.1) is 0 Å². The van der Waals surface area contributed by atoms with Gasteiger partial charge in [0.2, 0.25) is 0 Å². The topological polar surface area (TPSA) is 0 Å². The first-order valence-corrected chi connectivity index (χ1v) is 7.44. The Kier molecular flexibility index (Phi) is 4.24. The van der Waals surface area contributed by atoms with Gasteiger partial charge >= 0.3 is 0 Å². The number of rotatable bonds is 1. The van der Waals surface area contributed by atoms with Crippen LogP contribution in [0.1, 0.15) is 63.3 Å². The monoisotopic (exact) mass is 433 g/mol. The third kappa shape index (κ3) is 3.18. The van der Waals surface area contributed by atoms with Crippen LogP contribution >= 0.6 is 0 Å². The number of hydrogen-bond acceptors (Lipinski definition) is 0. The molecule has 0 aliphatic heterocycles. The first kappa shape index (κ1) is 16.2. The van der Waals surface area contributed by atoms with Crippen LogP contribution < -0.4 is 0 Å².